The van der Waals surface area contributed by atoms with Gasteiger partial charge in [0.1, 0.15) is 6.04 Å². The van der Waals surface area contributed by atoms with E-state index in [2.05, 4.69) is 14.8 Å². The molecule has 0 fully saturated rings. The van der Waals surface area contributed by atoms with Crippen molar-refractivity contribution in [3.8, 4) is 0 Å². The van der Waals surface area contributed by atoms with Crippen molar-refractivity contribution in [3.63, 3.8) is 0 Å². The molecule has 0 aliphatic rings. The highest BCUT2D eigenvalue weighted by Gasteiger charge is 2.27. The lowest BCUT2D eigenvalue weighted by atomic mass is 10.0. The van der Waals surface area contributed by atoms with E-state index in [9.17, 15) is 14.4 Å². The number of amides is 1. The zero-order chi connectivity index (χ0) is 16.5. The molecule has 1 aromatic rings. The van der Waals surface area contributed by atoms with Crippen LogP contribution in [0.15, 0.2) is 30.3 Å². The number of rotatable bonds is 7. The van der Waals surface area contributed by atoms with Crippen LogP contribution in [0.2, 0.25) is 0 Å². The molecule has 0 bridgehead atoms. The van der Waals surface area contributed by atoms with Gasteiger partial charge >= 0.3 is 11.9 Å². The number of carbonyl (C=O) groups excluding carboxylic acids is 3. The van der Waals surface area contributed by atoms with Crippen LogP contribution in [0, 0.1) is 5.92 Å². The van der Waals surface area contributed by atoms with Crippen LogP contribution < -0.4 is 5.32 Å². The van der Waals surface area contributed by atoms with Gasteiger partial charge in [0.2, 0.25) is 5.91 Å². The SMILES string of the molecule is COC(=O)[C@H](C[C@H](C)C(=O)OC)NC(=O)Cc1ccccc1. The van der Waals surface area contributed by atoms with Crippen LogP contribution in [0.4, 0.5) is 0 Å². The molecular weight excluding hydrogens is 286 g/mol. The van der Waals surface area contributed by atoms with Gasteiger partial charge in [-0.2, -0.15) is 0 Å². The Morgan fingerprint density at radius 3 is 2.18 bits per heavy atom. The Balaban J connectivity index is 2.66. The topological polar surface area (TPSA) is 81.7 Å². The van der Waals surface area contributed by atoms with Gasteiger partial charge in [0, 0.05) is 0 Å². The summed E-state index contributed by atoms with van der Waals surface area (Å²) in [6.07, 6.45) is 0.279. The molecule has 1 rings (SSSR count). The fourth-order valence-electron chi connectivity index (χ4n) is 2.03. The molecule has 0 aliphatic carbocycles. The summed E-state index contributed by atoms with van der Waals surface area (Å²) in [4.78, 5) is 35.2. The fourth-order valence-corrected chi connectivity index (χ4v) is 2.03. The van der Waals surface area contributed by atoms with Crippen LogP contribution in [-0.2, 0) is 30.3 Å². The highest BCUT2D eigenvalue weighted by Crippen LogP contribution is 2.10. The molecule has 1 aromatic carbocycles. The number of hydrogen-bond acceptors (Lipinski definition) is 5. The molecule has 0 aromatic heterocycles. The number of nitrogens with one attached hydrogen (secondary N) is 1. The third kappa shape index (κ3) is 5.55. The summed E-state index contributed by atoms with van der Waals surface area (Å²) in [5, 5.41) is 2.60. The molecule has 0 aliphatic heterocycles. The normalized spacial score (nSPS) is 12.9. The second-order valence-corrected chi connectivity index (χ2v) is 4.97. The number of methoxy groups -OCH3 is 2. The minimum atomic E-state index is -0.879. The summed E-state index contributed by atoms with van der Waals surface area (Å²) >= 11 is 0. The molecule has 120 valence electrons. The van der Waals surface area contributed by atoms with Gasteiger partial charge in [-0.25, -0.2) is 4.79 Å². The molecule has 0 spiro atoms. The van der Waals surface area contributed by atoms with Crippen molar-refractivity contribution in [1.29, 1.82) is 0 Å². The first-order valence-electron chi connectivity index (χ1n) is 6.96. The van der Waals surface area contributed by atoms with Crippen molar-refractivity contribution in [2.45, 2.75) is 25.8 Å². The minimum Gasteiger partial charge on any atom is -0.469 e. The maximum atomic E-state index is 12.0. The third-order valence-corrected chi connectivity index (χ3v) is 3.22. The predicted octanol–water partition coefficient (Wildman–Crippen LogP) is 1.09. The third-order valence-electron chi connectivity index (χ3n) is 3.22. The van der Waals surface area contributed by atoms with Gasteiger partial charge in [-0.05, 0) is 12.0 Å². The van der Waals surface area contributed by atoms with E-state index in [0.29, 0.717) is 0 Å². The van der Waals surface area contributed by atoms with Crippen molar-refractivity contribution in [3.05, 3.63) is 35.9 Å². The number of hydrogen-bond donors (Lipinski definition) is 1. The standard InChI is InChI=1S/C16H21NO5/c1-11(15(19)21-2)9-13(16(20)22-3)17-14(18)10-12-7-5-4-6-8-12/h4-8,11,13H,9-10H2,1-3H3,(H,17,18)/t11-,13-/m0/s1. The molecule has 6 heteroatoms. The minimum absolute atomic E-state index is 0.125. The average Bonchev–Trinajstić information content (AvgIpc) is 2.53. The average molecular weight is 307 g/mol. The number of carbonyl (C=O) groups is 3. The maximum absolute atomic E-state index is 12.0. The van der Waals surface area contributed by atoms with Crippen LogP contribution in [0.1, 0.15) is 18.9 Å². The lowest BCUT2D eigenvalue weighted by Gasteiger charge is -2.19. The molecule has 0 radical (unpaired) electrons. The van der Waals surface area contributed by atoms with Crippen molar-refractivity contribution in [1.82, 2.24) is 5.32 Å². The smallest absolute Gasteiger partial charge is 0.328 e. The van der Waals surface area contributed by atoms with Crippen molar-refractivity contribution >= 4 is 17.8 Å². The van der Waals surface area contributed by atoms with Gasteiger partial charge in [-0.1, -0.05) is 37.3 Å². The van der Waals surface area contributed by atoms with Gasteiger partial charge in [-0.3, -0.25) is 9.59 Å². The summed E-state index contributed by atoms with van der Waals surface area (Å²) in [6.45, 7) is 1.63. The van der Waals surface area contributed by atoms with Crippen molar-refractivity contribution in [2.75, 3.05) is 14.2 Å². The fraction of sp³-hybridized carbons (Fsp3) is 0.438. The van der Waals surface area contributed by atoms with Crippen LogP contribution in [-0.4, -0.2) is 38.1 Å². The summed E-state index contributed by atoms with van der Waals surface area (Å²) in [6, 6.07) is 8.29. The first kappa shape index (κ1) is 17.7. The molecule has 0 heterocycles. The van der Waals surface area contributed by atoms with E-state index in [-0.39, 0.29) is 18.7 Å². The van der Waals surface area contributed by atoms with Crippen LogP contribution >= 0.6 is 0 Å². The second-order valence-electron chi connectivity index (χ2n) is 4.97. The maximum Gasteiger partial charge on any atom is 0.328 e. The molecule has 22 heavy (non-hydrogen) atoms. The van der Waals surface area contributed by atoms with Gasteiger partial charge in [0.05, 0.1) is 26.6 Å². The number of ether oxygens (including phenoxy) is 2. The van der Waals surface area contributed by atoms with E-state index in [1.54, 1.807) is 6.92 Å². The molecule has 1 amide bonds. The largest absolute Gasteiger partial charge is 0.469 e. The molecule has 0 saturated carbocycles. The van der Waals surface area contributed by atoms with E-state index < -0.39 is 23.9 Å². The van der Waals surface area contributed by atoms with Crippen molar-refractivity contribution < 1.29 is 23.9 Å². The highest BCUT2D eigenvalue weighted by molar-refractivity contribution is 5.86. The first-order chi connectivity index (χ1) is 10.5. The van der Waals surface area contributed by atoms with E-state index in [0.717, 1.165) is 5.56 Å². The summed E-state index contributed by atoms with van der Waals surface area (Å²) in [5.74, 6) is -1.85. The number of benzene rings is 1. The summed E-state index contributed by atoms with van der Waals surface area (Å²) < 4.78 is 9.30. The second kappa shape index (κ2) is 8.81. The highest BCUT2D eigenvalue weighted by atomic mass is 16.5. The summed E-state index contributed by atoms with van der Waals surface area (Å²) in [5.41, 5.74) is 0.838. The Hall–Kier alpha value is -2.37. The zero-order valence-corrected chi connectivity index (χ0v) is 13.0. The molecular formula is C16H21NO5. The number of esters is 2. The van der Waals surface area contributed by atoms with Gasteiger partial charge < -0.3 is 14.8 Å². The van der Waals surface area contributed by atoms with E-state index in [1.807, 2.05) is 30.3 Å². The molecule has 1 N–H and O–H groups in total. The predicted molar refractivity (Wildman–Crippen MR) is 79.9 cm³/mol. The Morgan fingerprint density at radius 1 is 1.05 bits per heavy atom. The zero-order valence-electron chi connectivity index (χ0n) is 13.0. The molecule has 0 unspecified atom stereocenters. The first-order valence-corrected chi connectivity index (χ1v) is 6.96. The van der Waals surface area contributed by atoms with Gasteiger partial charge in [-0.15, -0.1) is 0 Å². The molecule has 2 atom stereocenters. The van der Waals surface area contributed by atoms with Gasteiger partial charge in [0.25, 0.3) is 0 Å². The van der Waals surface area contributed by atoms with Crippen LogP contribution in [0.3, 0.4) is 0 Å². The lowest BCUT2D eigenvalue weighted by Crippen LogP contribution is -2.44. The quantitative estimate of drug-likeness (QED) is 0.763. The van der Waals surface area contributed by atoms with E-state index >= 15 is 0 Å². The monoisotopic (exact) mass is 307 g/mol. The summed E-state index contributed by atoms with van der Waals surface area (Å²) in [7, 11) is 2.52. The van der Waals surface area contributed by atoms with Crippen LogP contribution in [0.5, 0.6) is 0 Å². The van der Waals surface area contributed by atoms with E-state index in [1.165, 1.54) is 14.2 Å². The molecule has 0 saturated heterocycles. The Bertz CT molecular complexity index is 515. The Morgan fingerprint density at radius 2 is 1.64 bits per heavy atom. The van der Waals surface area contributed by atoms with Crippen LogP contribution in [0.25, 0.3) is 0 Å². The Labute approximate surface area is 129 Å². The molecule has 6 nitrogen and oxygen atoms in total. The van der Waals surface area contributed by atoms with E-state index in [4.69, 9.17) is 0 Å². The van der Waals surface area contributed by atoms with Crippen molar-refractivity contribution in [2.24, 2.45) is 5.92 Å². The Kier molecular flexibility index (Phi) is 7.08. The lowest BCUT2D eigenvalue weighted by molar-refractivity contribution is -0.148. The van der Waals surface area contributed by atoms with Gasteiger partial charge in [0.15, 0.2) is 0 Å².